The van der Waals surface area contributed by atoms with Crippen LogP contribution in [0.15, 0.2) is 48.5 Å². The molecule has 0 radical (unpaired) electrons. The molecule has 4 heteroatoms. The van der Waals surface area contributed by atoms with Crippen LogP contribution >= 0.6 is 0 Å². The van der Waals surface area contributed by atoms with E-state index in [2.05, 4.69) is 31.4 Å². The van der Waals surface area contributed by atoms with E-state index in [9.17, 15) is 9.18 Å². The number of carbonyl (C=O) groups is 1. The molecule has 3 nitrogen and oxygen atoms in total. The van der Waals surface area contributed by atoms with Crippen LogP contribution in [0.1, 0.15) is 32.8 Å². The number of carbonyl (C=O) groups excluding carboxylic acids is 1. The highest BCUT2D eigenvalue weighted by atomic mass is 19.1. The van der Waals surface area contributed by atoms with Gasteiger partial charge >= 0.3 is 0 Å². The van der Waals surface area contributed by atoms with E-state index in [1.54, 1.807) is 12.1 Å². The number of rotatable bonds is 5. The minimum absolute atomic E-state index is 0.0718. The molecule has 0 saturated carbocycles. The van der Waals surface area contributed by atoms with Crippen molar-refractivity contribution in [3.8, 4) is 0 Å². The van der Waals surface area contributed by atoms with Crippen molar-refractivity contribution in [3.05, 3.63) is 59.9 Å². The van der Waals surface area contributed by atoms with Gasteiger partial charge in [-0.1, -0.05) is 39.0 Å². The second kappa shape index (κ2) is 7.27. The van der Waals surface area contributed by atoms with E-state index in [1.807, 2.05) is 24.3 Å². The summed E-state index contributed by atoms with van der Waals surface area (Å²) in [5.74, 6) is -0.365. The summed E-state index contributed by atoms with van der Waals surface area (Å²) in [6.45, 7) is 6.91. The molecule has 2 aromatic carbocycles. The molecule has 0 atom stereocenters. The Balaban J connectivity index is 1.80. The van der Waals surface area contributed by atoms with E-state index < -0.39 is 0 Å². The van der Waals surface area contributed by atoms with Gasteiger partial charge in [-0.2, -0.15) is 0 Å². The molecule has 0 heterocycles. The summed E-state index contributed by atoms with van der Waals surface area (Å²) in [6.07, 6.45) is 0.317. The molecular weight excluding hydrogens is 291 g/mol. The molecule has 2 rings (SSSR count). The van der Waals surface area contributed by atoms with Gasteiger partial charge in [0, 0.05) is 24.3 Å². The standard InChI is InChI=1S/C19H23FN2O/c1-19(2,3)14-7-9-16(10-8-14)22-18(23)11-12-21-17-6-4-5-15(20)13-17/h4-10,13,21H,11-12H2,1-3H3,(H,22,23). The van der Waals surface area contributed by atoms with E-state index in [0.717, 1.165) is 5.69 Å². The Hall–Kier alpha value is -2.36. The molecule has 0 aliphatic carbocycles. The quantitative estimate of drug-likeness (QED) is 0.849. The van der Waals surface area contributed by atoms with Crippen LogP contribution in [0, 0.1) is 5.82 Å². The maximum absolute atomic E-state index is 13.0. The van der Waals surface area contributed by atoms with Gasteiger partial charge in [-0.15, -0.1) is 0 Å². The van der Waals surface area contributed by atoms with Crippen molar-refractivity contribution in [2.24, 2.45) is 0 Å². The van der Waals surface area contributed by atoms with E-state index in [1.165, 1.54) is 17.7 Å². The zero-order valence-corrected chi connectivity index (χ0v) is 13.8. The van der Waals surface area contributed by atoms with Gasteiger partial charge < -0.3 is 10.6 Å². The molecular formula is C19H23FN2O. The summed E-state index contributed by atoms with van der Waals surface area (Å²) in [5.41, 5.74) is 2.78. The van der Waals surface area contributed by atoms with Crippen molar-refractivity contribution in [1.82, 2.24) is 0 Å². The first-order chi connectivity index (χ1) is 10.8. The molecule has 2 N–H and O–H groups in total. The molecule has 0 bridgehead atoms. The van der Waals surface area contributed by atoms with Gasteiger partial charge in [-0.3, -0.25) is 4.79 Å². The molecule has 23 heavy (non-hydrogen) atoms. The maximum Gasteiger partial charge on any atom is 0.226 e. The minimum Gasteiger partial charge on any atom is -0.384 e. The third-order valence-electron chi connectivity index (χ3n) is 3.54. The maximum atomic E-state index is 13.0. The smallest absolute Gasteiger partial charge is 0.226 e. The monoisotopic (exact) mass is 314 g/mol. The van der Waals surface area contributed by atoms with Crippen molar-refractivity contribution in [1.29, 1.82) is 0 Å². The molecule has 0 unspecified atom stereocenters. The van der Waals surface area contributed by atoms with E-state index in [0.29, 0.717) is 18.7 Å². The first-order valence-electron chi connectivity index (χ1n) is 7.74. The molecule has 0 aromatic heterocycles. The highest BCUT2D eigenvalue weighted by molar-refractivity contribution is 5.91. The SMILES string of the molecule is CC(C)(C)c1ccc(NC(=O)CCNc2cccc(F)c2)cc1. The lowest BCUT2D eigenvalue weighted by Crippen LogP contribution is -2.16. The number of halogens is 1. The van der Waals surface area contributed by atoms with Gasteiger partial charge in [-0.05, 0) is 41.3 Å². The van der Waals surface area contributed by atoms with Crippen LogP contribution in [-0.4, -0.2) is 12.5 Å². The normalized spacial score (nSPS) is 11.1. The number of amides is 1. The Morgan fingerprint density at radius 3 is 2.35 bits per heavy atom. The lowest BCUT2D eigenvalue weighted by molar-refractivity contribution is -0.115. The number of nitrogens with one attached hydrogen (secondary N) is 2. The summed E-state index contributed by atoms with van der Waals surface area (Å²) >= 11 is 0. The fourth-order valence-electron chi connectivity index (χ4n) is 2.20. The molecule has 0 aliphatic rings. The van der Waals surface area contributed by atoms with Gasteiger partial charge in [-0.25, -0.2) is 4.39 Å². The second-order valence-electron chi connectivity index (χ2n) is 6.56. The third kappa shape index (κ3) is 5.40. The van der Waals surface area contributed by atoms with Crippen molar-refractivity contribution < 1.29 is 9.18 Å². The van der Waals surface area contributed by atoms with Gasteiger partial charge in [0.1, 0.15) is 5.82 Å². The number of anilines is 2. The van der Waals surface area contributed by atoms with Crippen LogP contribution in [0.3, 0.4) is 0 Å². The highest BCUT2D eigenvalue weighted by Crippen LogP contribution is 2.23. The summed E-state index contributed by atoms with van der Waals surface area (Å²) in [7, 11) is 0. The van der Waals surface area contributed by atoms with Crippen molar-refractivity contribution in [3.63, 3.8) is 0 Å². The molecule has 0 aliphatic heterocycles. The van der Waals surface area contributed by atoms with Gasteiger partial charge in [0.25, 0.3) is 0 Å². The Kier molecular flexibility index (Phi) is 5.37. The van der Waals surface area contributed by atoms with Crippen LogP contribution in [0.2, 0.25) is 0 Å². The minimum atomic E-state index is -0.293. The summed E-state index contributed by atoms with van der Waals surface area (Å²) in [5, 5.41) is 5.90. The lowest BCUT2D eigenvalue weighted by Gasteiger charge is -2.19. The van der Waals surface area contributed by atoms with E-state index in [-0.39, 0.29) is 17.1 Å². The molecule has 122 valence electrons. The molecule has 1 amide bonds. The summed E-state index contributed by atoms with van der Waals surface area (Å²) in [6, 6.07) is 14.1. The molecule has 0 saturated heterocycles. The fraction of sp³-hybridized carbons (Fsp3) is 0.316. The highest BCUT2D eigenvalue weighted by Gasteiger charge is 2.13. The largest absolute Gasteiger partial charge is 0.384 e. The van der Waals surface area contributed by atoms with Crippen LogP contribution in [0.4, 0.5) is 15.8 Å². The topological polar surface area (TPSA) is 41.1 Å². The molecule has 0 spiro atoms. The first kappa shape index (κ1) is 17.0. The van der Waals surface area contributed by atoms with Crippen LogP contribution in [-0.2, 0) is 10.2 Å². The molecule has 0 fully saturated rings. The summed E-state index contributed by atoms with van der Waals surface area (Å²) < 4.78 is 13.0. The second-order valence-corrected chi connectivity index (χ2v) is 6.56. The van der Waals surface area contributed by atoms with E-state index in [4.69, 9.17) is 0 Å². The molecule has 2 aromatic rings. The zero-order chi connectivity index (χ0) is 16.9. The summed E-state index contributed by atoms with van der Waals surface area (Å²) in [4.78, 5) is 11.9. The average Bonchev–Trinajstić information content (AvgIpc) is 2.47. The Morgan fingerprint density at radius 1 is 1.04 bits per heavy atom. The zero-order valence-electron chi connectivity index (χ0n) is 13.8. The Morgan fingerprint density at radius 2 is 1.74 bits per heavy atom. The van der Waals surface area contributed by atoms with Gasteiger partial charge in [0.05, 0.1) is 0 Å². The fourth-order valence-corrected chi connectivity index (χ4v) is 2.20. The van der Waals surface area contributed by atoms with Gasteiger partial charge in [0.15, 0.2) is 0 Å². The first-order valence-corrected chi connectivity index (χ1v) is 7.74. The Bertz CT molecular complexity index is 660. The van der Waals surface area contributed by atoms with Crippen molar-refractivity contribution >= 4 is 17.3 Å². The number of hydrogen-bond donors (Lipinski definition) is 2. The van der Waals surface area contributed by atoms with Crippen molar-refractivity contribution in [2.45, 2.75) is 32.6 Å². The third-order valence-corrected chi connectivity index (χ3v) is 3.54. The number of benzene rings is 2. The van der Waals surface area contributed by atoms with Crippen LogP contribution in [0.25, 0.3) is 0 Å². The van der Waals surface area contributed by atoms with Crippen molar-refractivity contribution in [2.75, 3.05) is 17.2 Å². The predicted octanol–water partition coefficient (Wildman–Crippen LogP) is 4.56. The van der Waals surface area contributed by atoms with Gasteiger partial charge in [0.2, 0.25) is 5.91 Å². The predicted molar refractivity (Wildman–Crippen MR) is 93.3 cm³/mol. The van der Waals surface area contributed by atoms with E-state index >= 15 is 0 Å². The van der Waals surface area contributed by atoms with Crippen LogP contribution < -0.4 is 10.6 Å². The average molecular weight is 314 g/mol. The number of hydrogen-bond acceptors (Lipinski definition) is 2. The Labute approximate surface area is 136 Å². The van der Waals surface area contributed by atoms with Crippen LogP contribution in [0.5, 0.6) is 0 Å². The lowest BCUT2D eigenvalue weighted by atomic mass is 9.87.